The molecule has 0 spiro atoms. The highest BCUT2D eigenvalue weighted by Crippen LogP contribution is 2.29. The van der Waals surface area contributed by atoms with E-state index in [0.717, 1.165) is 41.6 Å². The van der Waals surface area contributed by atoms with Crippen LogP contribution in [0.4, 0.5) is 11.8 Å². The van der Waals surface area contributed by atoms with Gasteiger partial charge in [0.25, 0.3) is 0 Å². The van der Waals surface area contributed by atoms with Crippen molar-refractivity contribution < 1.29 is 0 Å². The van der Waals surface area contributed by atoms with Crippen LogP contribution in [-0.2, 0) is 0 Å². The van der Waals surface area contributed by atoms with Gasteiger partial charge >= 0.3 is 0 Å². The minimum Gasteiger partial charge on any atom is -0.363 e. The van der Waals surface area contributed by atoms with Crippen molar-refractivity contribution in [3.63, 3.8) is 0 Å². The molecule has 0 bridgehead atoms. The average molecular weight is 364 g/mol. The van der Waals surface area contributed by atoms with Gasteiger partial charge in [-0.05, 0) is 49.8 Å². The molecule has 0 saturated carbocycles. The molecule has 3 aromatic rings. The third-order valence-electron chi connectivity index (χ3n) is 5.46. The van der Waals surface area contributed by atoms with Crippen molar-refractivity contribution in [2.75, 3.05) is 23.3 Å². The number of rotatable bonds is 5. The molecule has 1 atom stereocenters. The molecule has 4 rings (SSSR count). The maximum absolute atomic E-state index is 4.89. The van der Waals surface area contributed by atoms with Gasteiger partial charge in [-0.1, -0.05) is 38.1 Å². The largest absolute Gasteiger partial charge is 0.363 e. The predicted octanol–water partition coefficient (Wildman–Crippen LogP) is 5.16. The number of benzene rings is 1. The lowest BCUT2D eigenvalue weighted by atomic mass is 9.99. The highest BCUT2D eigenvalue weighted by Gasteiger charge is 2.19. The summed E-state index contributed by atoms with van der Waals surface area (Å²) in [6, 6.07) is 11.2. The molecule has 142 valence electrons. The van der Waals surface area contributed by atoms with E-state index in [9.17, 15) is 0 Å². The highest BCUT2D eigenvalue weighted by molar-refractivity contribution is 5.89. The lowest BCUT2D eigenvalue weighted by Gasteiger charge is -2.20. The molecule has 0 aliphatic carbocycles. The minimum atomic E-state index is 0.172. The normalized spacial score (nSPS) is 15.7. The van der Waals surface area contributed by atoms with Gasteiger partial charge in [0.15, 0.2) is 0 Å². The number of nitrogens with zero attached hydrogens (tertiary/aromatic N) is 3. The first-order valence-electron chi connectivity index (χ1n) is 10.00. The van der Waals surface area contributed by atoms with Gasteiger partial charge in [0.2, 0.25) is 5.95 Å². The fraction of sp³-hybridized carbons (Fsp3) is 0.455. The van der Waals surface area contributed by atoms with E-state index in [1.807, 2.05) is 0 Å². The SMILES string of the molecule is Cc1cc2c(NC(C)c3ccc(C(C)C)cc3)nc(N3CCCC3)nc2[nH]1. The van der Waals surface area contributed by atoms with E-state index in [-0.39, 0.29) is 6.04 Å². The fourth-order valence-electron chi connectivity index (χ4n) is 3.76. The third kappa shape index (κ3) is 3.64. The van der Waals surface area contributed by atoms with Crippen LogP contribution in [0, 0.1) is 6.92 Å². The Hall–Kier alpha value is -2.56. The van der Waals surface area contributed by atoms with Crippen molar-refractivity contribution in [2.24, 2.45) is 0 Å². The fourth-order valence-corrected chi connectivity index (χ4v) is 3.76. The Bertz CT molecular complexity index is 920. The number of aromatic amines is 1. The molecule has 1 fully saturated rings. The molecule has 27 heavy (non-hydrogen) atoms. The van der Waals surface area contributed by atoms with E-state index < -0.39 is 0 Å². The van der Waals surface area contributed by atoms with Gasteiger partial charge in [0.05, 0.1) is 5.39 Å². The zero-order chi connectivity index (χ0) is 19.0. The molecule has 1 aliphatic rings. The predicted molar refractivity (Wildman–Crippen MR) is 113 cm³/mol. The van der Waals surface area contributed by atoms with Crippen LogP contribution in [0.1, 0.15) is 62.4 Å². The molecule has 3 heterocycles. The average Bonchev–Trinajstić information content (AvgIpc) is 3.30. The second-order valence-electron chi connectivity index (χ2n) is 7.97. The Morgan fingerprint density at radius 3 is 2.33 bits per heavy atom. The summed E-state index contributed by atoms with van der Waals surface area (Å²) in [4.78, 5) is 15.3. The summed E-state index contributed by atoms with van der Waals surface area (Å²) < 4.78 is 0. The third-order valence-corrected chi connectivity index (χ3v) is 5.46. The number of anilines is 2. The lowest BCUT2D eigenvalue weighted by molar-refractivity contribution is 0.846. The van der Waals surface area contributed by atoms with Gasteiger partial charge in [-0.15, -0.1) is 0 Å². The van der Waals surface area contributed by atoms with E-state index >= 15 is 0 Å². The summed E-state index contributed by atoms with van der Waals surface area (Å²) in [5.41, 5.74) is 4.65. The quantitative estimate of drug-likeness (QED) is 0.657. The Morgan fingerprint density at radius 2 is 1.67 bits per heavy atom. The van der Waals surface area contributed by atoms with E-state index in [2.05, 4.69) is 73.2 Å². The van der Waals surface area contributed by atoms with E-state index in [0.29, 0.717) is 5.92 Å². The van der Waals surface area contributed by atoms with Gasteiger partial charge in [0, 0.05) is 24.8 Å². The van der Waals surface area contributed by atoms with Crippen molar-refractivity contribution >= 4 is 22.8 Å². The number of hydrogen-bond donors (Lipinski definition) is 2. The second-order valence-corrected chi connectivity index (χ2v) is 7.97. The summed E-state index contributed by atoms with van der Waals surface area (Å²) in [6.45, 7) is 10.8. The van der Waals surface area contributed by atoms with Crippen LogP contribution < -0.4 is 10.2 Å². The molecular weight excluding hydrogens is 334 g/mol. The Morgan fingerprint density at radius 1 is 1.00 bits per heavy atom. The summed E-state index contributed by atoms with van der Waals surface area (Å²) in [5.74, 6) is 2.29. The Balaban J connectivity index is 1.65. The molecule has 0 amide bonds. The summed E-state index contributed by atoms with van der Waals surface area (Å²) >= 11 is 0. The van der Waals surface area contributed by atoms with Gasteiger partial charge in [0.1, 0.15) is 11.5 Å². The number of H-pyrrole nitrogens is 1. The van der Waals surface area contributed by atoms with Gasteiger partial charge in [-0.25, -0.2) is 0 Å². The van der Waals surface area contributed by atoms with Crippen LogP contribution in [-0.4, -0.2) is 28.0 Å². The molecule has 0 radical (unpaired) electrons. The van der Waals surface area contributed by atoms with Crippen LogP contribution in [0.2, 0.25) is 0 Å². The molecule has 2 aromatic heterocycles. The smallest absolute Gasteiger partial charge is 0.229 e. The van der Waals surface area contributed by atoms with Crippen LogP contribution in [0.5, 0.6) is 0 Å². The molecule has 1 unspecified atom stereocenters. The van der Waals surface area contributed by atoms with Crippen molar-refractivity contribution in [3.05, 3.63) is 47.2 Å². The first-order chi connectivity index (χ1) is 13.0. The Labute approximate surface area is 161 Å². The highest BCUT2D eigenvalue weighted by atomic mass is 15.3. The van der Waals surface area contributed by atoms with E-state index in [1.165, 1.54) is 24.0 Å². The zero-order valence-corrected chi connectivity index (χ0v) is 16.7. The van der Waals surface area contributed by atoms with Crippen LogP contribution in [0.25, 0.3) is 11.0 Å². The number of nitrogens with one attached hydrogen (secondary N) is 2. The summed E-state index contributed by atoms with van der Waals surface area (Å²) in [5, 5.41) is 4.69. The molecular formula is C22H29N5. The molecule has 2 N–H and O–H groups in total. The van der Waals surface area contributed by atoms with Gasteiger partial charge < -0.3 is 15.2 Å². The maximum atomic E-state index is 4.89. The maximum Gasteiger partial charge on any atom is 0.229 e. The lowest BCUT2D eigenvalue weighted by Crippen LogP contribution is -2.21. The van der Waals surface area contributed by atoms with Crippen LogP contribution >= 0.6 is 0 Å². The van der Waals surface area contributed by atoms with Crippen molar-refractivity contribution in [2.45, 2.75) is 52.5 Å². The number of fused-ring (bicyclic) bond motifs is 1. The number of hydrogen-bond acceptors (Lipinski definition) is 4. The van der Waals surface area contributed by atoms with Crippen LogP contribution in [0.3, 0.4) is 0 Å². The van der Waals surface area contributed by atoms with E-state index in [4.69, 9.17) is 9.97 Å². The van der Waals surface area contributed by atoms with Crippen LogP contribution in [0.15, 0.2) is 30.3 Å². The summed E-state index contributed by atoms with van der Waals surface area (Å²) in [6.07, 6.45) is 2.43. The standard InChI is InChI=1S/C22H29N5/c1-14(2)17-7-9-18(10-8-17)16(4)24-21-19-13-15(3)23-20(19)25-22(26-21)27-11-5-6-12-27/h7-10,13-14,16H,5-6,11-12H2,1-4H3,(H2,23,24,25,26). The summed E-state index contributed by atoms with van der Waals surface area (Å²) in [7, 11) is 0. The van der Waals surface area contributed by atoms with Crippen molar-refractivity contribution in [1.82, 2.24) is 15.0 Å². The topological polar surface area (TPSA) is 56.8 Å². The van der Waals surface area contributed by atoms with Gasteiger partial charge in [-0.3, -0.25) is 0 Å². The number of aryl methyl sites for hydroxylation is 1. The number of aromatic nitrogens is 3. The van der Waals surface area contributed by atoms with Gasteiger partial charge in [-0.2, -0.15) is 9.97 Å². The second kappa shape index (κ2) is 7.22. The molecule has 5 nitrogen and oxygen atoms in total. The molecule has 1 aliphatic heterocycles. The van der Waals surface area contributed by atoms with E-state index in [1.54, 1.807) is 0 Å². The molecule has 1 saturated heterocycles. The van der Waals surface area contributed by atoms with Crippen molar-refractivity contribution in [1.29, 1.82) is 0 Å². The first kappa shape index (κ1) is 17.8. The van der Waals surface area contributed by atoms with Crippen molar-refractivity contribution in [3.8, 4) is 0 Å². The minimum absolute atomic E-state index is 0.172. The monoisotopic (exact) mass is 363 g/mol. The zero-order valence-electron chi connectivity index (χ0n) is 16.7. The molecule has 5 heteroatoms. The first-order valence-corrected chi connectivity index (χ1v) is 10.00. The molecule has 1 aromatic carbocycles. The Kier molecular flexibility index (Phi) is 4.77.